The van der Waals surface area contributed by atoms with Crippen LogP contribution in [0.3, 0.4) is 0 Å². The van der Waals surface area contributed by atoms with Crippen molar-refractivity contribution in [2.75, 3.05) is 0 Å². The number of carbonyl (C=O) groups excluding carboxylic acids is 2. The number of amides is 2. The maximum absolute atomic E-state index is 12.4. The number of rotatable bonds is 8. The first-order chi connectivity index (χ1) is 14.4. The van der Waals surface area contributed by atoms with Gasteiger partial charge in [0.15, 0.2) is 0 Å². The average molecular weight is 408 g/mol. The smallest absolute Gasteiger partial charge is 0.408 e. The largest absolute Gasteiger partial charge is 0.480 e. The first-order valence-corrected chi connectivity index (χ1v) is 9.43. The van der Waals surface area contributed by atoms with Gasteiger partial charge in [-0.3, -0.25) is 10.1 Å². The summed E-state index contributed by atoms with van der Waals surface area (Å²) in [5.41, 5.74) is 3.14. The molecule has 0 fully saturated rings. The number of fused-ring (bicyclic) bond motifs is 1. The van der Waals surface area contributed by atoms with Crippen LogP contribution < -0.4 is 16.0 Å². The van der Waals surface area contributed by atoms with Crippen LogP contribution in [0.25, 0.3) is 5.57 Å². The molecule has 1 heterocycles. The number of benzene rings is 2. The predicted molar refractivity (Wildman–Crippen MR) is 110 cm³/mol. The first kappa shape index (κ1) is 20.9. The molecule has 1 aliphatic heterocycles. The van der Waals surface area contributed by atoms with Crippen LogP contribution in [-0.2, 0) is 20.9 Å². The molecule has 3 N–H and O–H groups in total. The summed E-state index contributed by atoms with van der Waals surface area (Å²) in [4.78, 5) is 36.0. The molecule has 0 saturated heterocycles. The van der Waals surface area contributed by atoms with E-state index in [-0.39, 0.29) is 13.0 Å². The van der Waals surface area contributed by atoms with Crippen molar-refractivity contribution in [3.05, 3.63) is 71.9 Å². The van der Waals surface area contributed by atoms with E-state index in [1.165, 1.54) is 6.92 Å². The van der Waals surface area contributed by atoms with E-state index in [2.05, 4.69) is 16.0 Å². The number of hydrogen-bond acceptors (Lipinski definition) is 4. The fourth-order valence-electron chi connectivity index (χ4n) is 2.96. The summed E-state index contributed by atoms with van der Waals surface area (Å²) in [7, 11) is 0. The van der Waals surface area contributed by atoms with E-state index < -0.39 is 30.1 Å². The van der Waals surface area contributed by atoms with E-state index in [1.807, 2.05) is 54.6 Å². The normalized spacial score (nSPS) is 13.8. The minimum absolute atomic E-state index is 0.0653. The van der Waals surface area contributed by atoms with Crippen LogP contribution in [0.5, 0.6) is 0 Å². The fourth-order valence-corrected chi connectivity index (χ4v) is 2.96. The van der Waals surface area contributed by atoms with Gasteiger partial charge in [-0.1, -0.05) is 48.5 Å². The second kappa shape index (κ2) is 9.60. The molecule has 2 amide bonds. The number of carboxylic acids is 1. The van der Waals surface area contributed by atoms with Crippen LogP contribution >= 0.6 is 0 Å². The van der Waals surface area contributed by atoms with Crippen molar-refractivity contribution < 1.29 is 24.2 Å². The Labute approximate surface area is 173 Å². The van der Waals surface area contributed by atoms with Gasteiger partial charge < -0.3 is 20.5 Å². The van der Waals surface area contributed by atoms with E-state index >= 15 is 0 Å². The minimum Gasteiger partial charge on any atom is -0.480 e. The van der Waals surface area contributed by atoms with Gasteiger partial charge in [-0.2, -0.15) is 0 Å². The highest BCUT2D eigenvalue weighted by Crippen LogP contribution is 2.32. The lowest BCUT2D eigenvalue weighted by atomic mass is 10.00. The number of ether oxygens (including phenoxy) is 1. The molecule has 0 bridgehead atoms. The van der Waals surface area contributed by atoms with E-state index in [1.54, 1.807) is 6.20 Å². The molecule has 3 rings (SSSR count). The maximum atomic E-state index is 12.4. The number of carboxylic acid groups (broad SMARTS) is 1. The molecular weight excluding hydrogens is 386 g/mol. The second-order valence-corrected chi connectivity index (χ2v) is 6.83. The summed E-state index contributed by atoms with van der Waals surface area (Å²) in [6.45, 7) is 1.52. The van der Waals surface area contributed by atoms with Crippen LogP contribution in [0.1, 0.15) is 24.5 Å². The number of carbonyl (C=O) groups is 3. The van der Waals surface area contributed by atoms with Crippen molar-refractivity contribution >= 4 is 29.2 Å². The Bertz CT molecular complexity index is 958. The van der Waals surface area contributed by atoms with E-state index in [0.29, 0.717) is 0 Å². The van der Waals surface area contributed by atoms with E-state index in [4.69, 9.17) is 4.74 Å². The molecular formula is C22H22N3O5. The Kier molecular flexibility index (Phi) is 6.69. The molecule has 2 aromatic carbocycles. The Hall–Kier alpha value is -3.81. The molecule has 0 spiro atoms. The fraction of sp³-hybridized carbons (Fsp3) is 0.227. The van der Waals surface area contributed by atoms with Crippen molar-refractivity contribution in [1.82, 2.24) is 16.0 Å². The average Bonchev–Trinajstić information content (AvgIpc) is 3.15. The lowest BCUT2D eigenvalue weighted by molar-refractivity contribution is -0.141. The number of hydrogen-bond donors (Lipinski definition) is 3. The lowest BCUT2D eigenvalue weighted by Crippen LogP contribution is -2.50. The third-order valence-corrected chi connectivity index (χ3v) is 4.59. The molecule has 2 aromatic rings. The Morgan fingerprint density at radius 2 is 1.73 bits per heavy atom. The molecule has 0 aromatic heterocycles. The number of para-hydroxylation sites is 1. The van der Waals surface area contributed by atoms with E-state index in [0.717, 1.165) is 22.4 Å². The molecule has 0 unspecified atom stereocenters. The van der Waals surface area contributed by atoms with Crippen LogP contribution in [0.15, 0.2) is 60.8 Å². The number of aliphatic carboxylic acids is 1. The summed E-state index contributed by atoms with van der Waals surface area (Å²) >= 11 is 0. The minimum atomic E-state index is -1.17. The van der Waals surface area contributed by atoms with E-state index in [9.17, 15) is 19.5 Å². The molecule has 155 valence electrons. The van der Waals surface area contributed by atoms with Gasteiger partial charge in [0.05, 0.1) is 5.69 Å². The highest BCUT2D eigenvalue weighted by molar-refractivity contribution is 5.90. The van der Waals surface area contributed by atoms with Crippen molar-refractivity contribution in [3.8, 4) is 0 Å². The van der Waals surface area contributed by atoms with Gasteiger partial charge >= 0.3 is 12.1 Å². The molecule has 1 aliphatic rings. The third kappa shape index (κ3) is 5.38. The topological polar surface area (TPSA) is 119 Å². The summed E-state index contributed by atoms with van der Waals surface area (Å²) < 4.78 is 5.08. The second-order valence-electron chi connectivity index (χ2n) is 6.83. The van der Waals surface area contributed by atoms with Crippen LogP contribution in [-0.4, -0.2) is 35.2 Å². The number of nitrogens with one attached hydrogen (secondary N) is 2. The zero-order chi connectivity index (χ0) is 21.5. The highest BCUT2D eigenvalue weighted by Gasteiger charge is 2.27. The summed E-state index contributed by atoms with van der Waals surface area (Å²) in [6, 6.07) is 14.4. The lowest BCUT2D eigenvalue weighted by Gasteiger charge is -2.19. The van der Waals surface area contributed by atoms with Gasteiger partial charge in [0.1, 0.15) is 18.7 Å². The quantitative estimate of drug-likeness (QED) is 0.620. The van der Waals surface area contributed by atoms with Gasteiger partial charge in [0.25, 0.3) is 0 Å². The zero-order valence-corrected chi connectivity index (χ0v) is 16.4. The Morgan fingerprint density at radius 1 is 1.03 bits per heavy atom. The Morgan fingerprint density at radius 3 is 2.47 bits per heavy atom. The van der Waals surface area contributed by atoms with Crippen molar-refractivity contribution in [1.29, 1.82) is 0 Å². The van der Waals surface area contributed by atoms with Gasteiger partial charge in [-0.15, -0.1) is 0 Å². The van der Waals surface area contributed by atoms with Crippen LogP contribution in [0.2, 0.25) is 0 Å². The molecule has 0 aliphatic carbocycles. The predicted octanol–water partition coefficient (Wildman–Crippen LogP) is 2.55. The molecule has 0 saturated carbocycles. The molecule has 2 atom stereocenters. The molecule has 1 radical (unpaired) electrons. The maximum Gasteiger partial charge on any atom is 0.408 e. The number of alkyl carbamates (subject to hydrolysis) is 1. The molecule has 8 nitrogen and oxygen atoms in total. The zero-order valence-electron chi connectivity index (χ0n) is 16.4. The highest BCUT2D eigenvalue weighted by atomic mass is 16.5. The van der Waals surface area contributed by atoms with Crippen molar-refractivity contribution in [3.63, 3.8) is 0 Å². The van der Waals surface area contributed by atoms with Crippen LogP contribution in [0, 0.1) is 0 Å². The van der Waals surface area contributed by atoms with Gasteiger partial charge in [0.2, 0.25) is 5.91 Å². The standard InChI is InChI=1S/C22H22N3O5/c1-14(24-22(29)30-13-15-7-3-2-4-8-15)20(26)25-19(21(27)28)11-16-12-23-18-10-6-5-9-17(16)18/h2-10,12,14,19H,11,13H2,1H3,(H,24,29)(H,25,26)(H,27,28)/t14-,19-/m0/s1. The first-order valence-electron chi connectivity index (χ1n) is 9.43. The van der Waals surface area contributed by atoms with Crippen molar-refractivity contribution in [2.45, 2.75) is 32.0 Å². The Balaban J connectivity index is 1.52. The van der Waals surface area contributed by atoms with Crippen molar-refractivity contribution in [2.24, 2.45) is 0 Å². The summed E-state index contributed by atoms with van der Waals surface area (Å²) in [6.07, 6.45) is 0.918. The SMILES string of the molecule is C[C@H](NC(=O)OCc1ccccc1)C(=O)N[C@@H](CC1=C[N]c2ccccc21)C(=O)O. The molecule has 30 heavy (non-hydrogen) atoms. The molecule has 8 heteroatoms. The third-order valence-electron chi connectivity index (χ3n) is 4.59. The monoisotopic (exact) mass is 408 g/mol. The summed E-state index contributed by atoms with van der Waals surface area (Å²) in [5.74, 6) is -1.80. The van der Waals surface area contributed by atoms with Gasteiger partial charge in [-0.25, -0.2) is 9.59 Å². The summed E-state index contributed by atoms with van der Waals surface area (Å²) in [5, 5.41) is 18.6. The van der Waals surface area contributed by atoms with Gasteiger partial charge in [-0.05, 0) is 24.1 Å². The van der Waals surface area contributed by atoms with Crippen LogP contribution in [0.4, 0.5) is 10.5 Å². The number of nitrogens with zero attached hydrogens (tertiary/aromatic N) is 1. The van der Waals surface area contributed by atoms with Gasteiger partial charge in [0, 0.05) is 18.2 Å².